The number of carbonyl (C=O) groups excluding carboxylic acids is 1. The van der Waals surface area contributed by atoms with Gasteiger partial charge in [-0.2, -0.15) is 9.78 Å². The first-order valence-electron chi connectivity index (χ1n) is 12.2. The topological polar surface area (TPSA) is 101 Å². The third kappa shape index (κ3) is 6.41. The van der Waals surface area contributed by atoms with Crippen molar-refractivity contribution in [1.29, 1.82) is 0 Å². The molecule has 9 nitrogen and oxygen atoms in total. The summed E-state index contributed by atoms with van der Waals surface area (Å²) in [6, 6.07) is 8.37. The largest absolute Gasteiger partial charge is 0.442 e. The zero-order chi connectivity index (χ0) is 27.0. The van der Waals surface area contributed by atoms with Crippen molar-refractivity contribution >= 4 is 35.7 Å². The van der Waals surface area contributed by atoms with E-state index in [0.29, 0.717) is 34.0 Å². The number of pyridine rings is 1. The van der Waals surface area contributed by atoms with Crippen molar-refractivity contribution in [3.8, 4) is 22.0 Å². The second kappa shape index (κ2) is 10.3. The van der Waals surface area contributed by atoms with Gasteiger partial charge in [-0.05, 0) is 51.9 Å². The lowest BCUT2D eigenvalue weighted by molar-refractivity contribution is 0.0514. The Morgan fingerprint density at radius 1 is 1.19 bits per heavy atom. The van der Waals surface area contributed by atoms with Crippen LogP contribution in [-0.2, 0) is 16.2 Å². The van der Waals surface area contributed by atoms with Crippen molar-refractivity contribution < 1.29 is 14.3 Å². The van der Waals surface area contributed by atoms with Crippen LogP contribution < -0.4 is 5.56 Å². The molecule has 0 saturated carbocycles. The molecule has 4 aromatic heterocycles. The third-order valence-electron chi connectivity index (χ3n) is 5.49. The van der Waals surface area contributed by atoms with E-state index in [4.69, 9.17) is 14.5 Å². The number of thiophene rings is 1. The van der Waals surface area contributed by atoms with Gasteiger partial charge in [0.15, 0.2) is 5.82 Å². The maximum Gasteiger partial charge on any atom is 0.435 e. The molecule has 4 rings (SSSR count). The Labute approximate surface area is 221 Å². The van der Waals surface area contributed by atoms with Crippen LogP contribution in [0.1, 0.15) is 26.5 Å². The van der Waals surface area contributed by atoms with Gasteiger partial charge in [-0.3, -0.25) is 14.3 Å². The van der Waals surface area contributed by atoms with Gasteiger partial charge >= 0.3 is 6.09 Å². The number of fused-ring (bicyclic) bond motifs is 1. The van der Waals surface area contributed by atoms with Gasteiger partial charge in [0.25, 0.3) is 5.56 Å². The number of rotatable bonds is 7. The predicted molar refractivity (Wildman–Crippen MR) is 149 cm³/mol. The lowest BCUT2D eigenvalue weighted by Crippen LogP contribution is -2.27. The molecule has 0 radical (unpaired) electrons. The molecule has 0 spiro atoms. The van der Waals surface area contributed by atoms with E-state index in [1.165, 1.54) is 16.0 Å². The molecule has 0 N–H and O–H groups in total. The Hall–Kier alpha value is -3.15. The maximum atomic E-state index is 13.7. The molecule has 0 atom stereocenters. The Kier molecular flexibility index (Phi) is 7.49. The number of nitrogens with zero attached hydrogens (tertiary/aromatic N) is 5. The number of ether oxygens (including phenoxy) is 2. The molecule has 0 unspecified atom stereocenters. The molecule has 0 aliphatic heterocycles. The van der Waals surface area contributed by atoms with Crippen molar-refractivity contribution in [2.75, 3.05) is 6.61 Å². The summed E-state index contributed by atoms with van der Waals surface area (Å²) in [7, 11) is -1.27. The van der Waals surface area contributed by atoms with Gasteiger partial charge in [-0.1, -0.05) is 25.7 Å². The molecule has 196 valence electrons. The quantitative estimate of drug-likeness (QED) is 0.216. The molecular formula is C26H33N5O4SSi. The Balaban J connectivity index is 1.74. The van der Waals surface area contributed by atoms with E-state index in [-0.39, 0.29) is 12.3 Å². The van der Waals surface area contributed by atoms with Crippen LogP contribution in [0.25, 0.3) is 32.2 Å². The average molecular weight is 540 g/mol. The second-order valence-electron chi connectivity index (χ2n) is 11.1. The highest BCUT2D eigenvalue weighted by Crippen LogP contribution is 2.33. The summed E-state index contributed by atoms with van der Waals surface area (Å²) in [5, 5.41) is 4.33. The van der Waals surface area contributed by atoms with E-state index in [1.807, 2.05) is 31.2 Å². The van der Waals surface area contributed by atoms with Crippen LogP contribution in [0.2, 0.25) is 25.7 Å². The van der Waals surface area contributed by atoms with Crippen molar-refractivity contribution in [2.24, 2.45) is 0 Å². The molecule has 0 aliphatic rings. The van der Waals surface area contributed by atoms with Crippen LogP contribution in [0.5, 0.6) is 0 Å². The highest BCUT2D eigenvalue weighted by Gasteiger charge is 2.22. The third-order valence-corrected chi connectivity index (χ3v) is 8.34. The SMILES string of the molecule is Cc1nn(C(=O)OC(C)(C)C)cc1-c1cc2nc(-c3ccccn3)n(COCC[Si](C)(C)C)c(=O)c2s1. The normalized spacial score (nSPS) is 12.3. The average Bonchev–Trinajstić information content (AvgIpc) is 3.40. The van der Waals surface area contributed by atoms with Gasteiger partial charge in [0.05, 0.1) is 11.2 Å². The fourth-order valence-corrected chi connectivity index (χ4v) is 5.46. The highest BCUT2D eigenvalue weighted by molar-refractivity contribution is 7.22. The predicted octanol–water partition coefficient (Wildman–Crippen LogP) is 5.79. The molecule has 11 heteroatoms. The summed E-state index contributed by atoms with van der Waals surface area (Å²) in [4.78, 5) is 36.2. The number of hydrogen-bond donors (Lipinski definition) is 0. The van der Waals surface area contributed by atoms with Gasteiger partial charge in [0, 0.05) is 37.5 Å². The first kappa shape index (κ1) is 26.9. The molecule has 4 aromatic rings. The van der Waals surface area contributed by atoms with E-state index >= 15 is 0 Å². The van der Waals surface area contributed by atoms with Crippen molar-refractivity contribution in [3.63, 3.8) is 0 Å². The molecule has 0 amide bonds. The van der Waals surface area contributed by atoms with Crippen LogP contribution in [-0.4, -0.2) is 50.7 Å². The minimum absolute atomic E-state index is 0.0982. The lowest BCUT2D eigenvalue weighted by Gasteiger charge is -2.18. The zero-order valence-corrected chi connectivity index (χ0v) is 24.2. The van der Waals surface area contributed by atoms with Crippen LogP contribution >= 0.6 is 11.3 Å². The van der Waals surface area contributed by atoms with E-state index in [9.17, 15) is 9.59 Å². The van der Waals surface area contributed by atoms with Crippen molar-refractivity contribution in [1.82, 2.24) is 24.3 Å². The van der Waals surface area contributed by atoms with Gasteiger partial charge in [-0.15, -0.1) is 11.3 Å². The summed E-state index contributed by atoms with van der Waals surface area (Å²) >= 11 is 1.32. The molecule has 4 heterocycles. The fraction of sp³-hybridized carbons (Fsp3) is 0.423. The molecule has 37 heavy (non-hydrogen) atoms. The zero-order valence-electron chi connectivity index (χ0n) is 22.4. The Morgan fingerprint density at radius 2 is 1.95 bits per heavy atom. The van der Waals surface area contributed by atoms with Crippen LogP contribution in [0.15, 0.2) is 41.5 Å². The molecule has 0 saturated heterocycles. The number of hydrogen-bond acceptors (Lipinski definition) is 8. The molecule has 0 bridgehead atoms. The van der Waals surface area contributed by atoms with Gasteiger partial charge < -0.3 is 9.47 Å². The van der Waals surface area contributed by atoms with Gasteiger partial charge in [-0.25, -0.2) is 9.78 Å². The van der Waals surface area contributed by atoms with Gasteiger partial charge in [0.2, 0.25) is 0 Å². The lowest BCUT2D eigenvalue weighted by atomic mass is 10.2. The standard InChI is InChI=1S/C26H33N5O4SSi/c1-17-18(15-31(29-17)25(33)35-26(2,3)4)21-14-20-22(36-21)24(32)30(16-34-12-13-37(5,6)7)23(28-20)19-10-8-9-11-27-19/h8-11,14-15H,12-13,16H2,1-7H3. The summed E-state index contributed by atoms with van der Waals surface area (Å²) < 4.78 is 14.6. The van der Waals surface area contributed by atoms with Crippen LogP contribution in [0.4, 0.5) is 4.79 Å². The minimum Gasteiger partial charge on any atom is -0.442 e. The summed E-state index contributed by atoms with van der Waals surface area (Å²) in [6.45, 7) is 14.8. The van der Waals surface area contributed by atoms with Gasteiger partial charge in [0.1, 0.15) is 22.7 Å². The molecule has 0 fully saturated rings. The second-order valence-corrected chi connectivity index (χ2v) is 17.8. The summed E-state index contributed by atoms with van der Waals surface area (Å²) in [5.41, 5.74) is 1.73. The summed E-state index contributed by atoms with van der Waals surface area (Å²) in [5.74, 6) is 0.455. The molecule has 0 aromatic carbocycles. The Morgan fingerprint density at radius 3 is 2.59 bits per heavy atom. The van der Waals surface area contributed by atoms with E-state index in [1.54, 1.807) is 37.7 Å². The Bertz CT molecular complexity index is 1480. The first-order chi connectivity index (χ1) is 17.3. The minimum atomic E-state index is -1.27. The van der Waals surface area contributed by atoms with Crippen LogP contribution in [0.3, 0.4) is 0 Å². The molecule has 0 aliphatic carbocycles. The first-order valence-corrected chi connectivity index (χ1v) is 16.7. The van der Waals surface area contributed by atoms with Crippen molar-refractivity contribution in [3.05, 3.63) is 52.7 Å². The van der Waals surface area contributed by atoms with E-state index < -0.39 is 19.8 Å². The van der Waals surface area contributed by atoms with Crippen molar-refractivity contribution in [2.45, 2.75) is 65.7 Å². The molecular weight excluding hydrogens is 506 g/mol. The van der Waals surface area contributed by atoms with E-state index in [0.717, 1.165) is 16.5 Å². The van der Waals surface area contributed by atoms with E-state index in [2.05, 4.69) is 29.7 Å². The number of carbonyl (C=O) groups is 1. The fourth-order valence-electron chi connectivity index (χ4n) is 3.59. The number of aryl methyl sites for hydroxylation is 1. The monoisotopic (exact) mass is 539 g/mol. The maximum absolute atomic E-state index is 13.7. The van der Waals surface area contributed by atoms with Crippen LogP contribution in [0, 0.1) is 6.92 Å². The highest BCUT2D eigenvalue weighted by atomic mass is 32.1. The summed E-state index contributed by atoms with van der Waals surface area (Å²) in [6.07, 6.45) is 2.75. The number of aromatic nitrogens is 5. The smallest absolute Gasteiger partial charge is 0.435 e.